The van der Waals surface area contributed by atoms with E-state index in [1.807, 2.05) is 6.92 Å². The minimum Gasteiger partial charge on any atom is -0.356 e. The van der Waals surface area contributed by atoms with Crippen LogP contribution in [0, 0.1) is 5.82 Å². The largest absolute Gasteiger partial charge is 0.416 e. The number of nitrogens with zero attached hydrogens (tertiary/aromatic N) is 5. The first-order valence-electron chi connectivity index (χ1n) is 9.87. The van der Waals surface area contributed by atoms with Gasteiger partial charge in [-0.3, -0.25) is 14.5 Å². The second-order valence-corrected chi connectivity index (χ2v) is 7.63. The number of carbonyl (C=O) groups is 1. The van der Waals surface area contributed by atoms with Gasteiger partial charge in [0.2, 0.25) is 0 Å². The van der Waals surface area contributed by atoms with Crippen LogP contribution in [0.3, 0.4) is 0 Å². The molecule has 0 radical (unpaired) electrons. The summed E-state index contributed by atoms with van der Waals surface area (Å²) in [5.74, 6) is -0.729. The van der Waals surface area contributed by atoms with Crippen LogP contribution in [-0.2, 0) is 6.18 Å². The van der Waals surface area contributed by atoms with Gasteiger partial charge >= 0.3 is 6.18 Å². The average Bonchev–Trinajstić information content (AvgIpc) is 3.43. The van der Waals surface area contributed by atoms with Crippen LogP contribution in [-0.4, -0.2) is 32.4 Å². The van der Waals surface area contributed by atoms with E-state index < -0.39 is 23.5 Å². The summed E-state index contributed by atoms with van der Waals surface area (Å²) >= 11 is 0. The molecule has 5 rings (SSSR count). The Labute approximate surface area is 184 Å². The van der Waals surface area contributed by atoms with Gasteiger partial charge in [-0.25, -0.2) is 4.39 Å². The normalized spacial score (nSPS) is 16.2. The lowest BCUT2D eigenvalue weighted by Crippen LogP contribution is -2.42. The number of benzene rings is 1. The number of carbonyl (C=O) groups excluding carboxylic acids is 1. The predicted octanol–water partition coefficient (Wildman–Crippen LogP) is 4.98. The zero-order valence-corrected chi connectivity index (χ0v) is 17.0. The van der Waals surface area contributed by atoms with Gasteiger partial charge in [-0.05, 0) is 37.3 Å². The molecule has 0 saturated heterocycles. The highest BCUT2D eigenvalue weighted by Crippen LogP contribution is 2.35. The molecule has 1 aliphatic heterocycles. The van der Waals surface area contributed by atoms with Gasteiger partial charge in [0.05, 0.1) is 29.6 Å². The highest BCUT2D eigenvalue weighted by Gasteiger charge is 2.36. The van der Waals surface area contributed by atoms with Crippen LogP contribution in [0.15, 0.2) is 59.5 Å². The van der Waals surface area contributed by atoms with E-state index in [9.17, 15) is 22.4 Å². The quantitative estimate of drug-likeness (QED) is 0.406. The number of aromatic nitrogens is 4. The number of alkyl halides is 3. The number of hydrogen-bond acceptors (Lipinski definition) is 5. The van der Waals surface area contributed by atoms with E-state index in [1.165, 1.54) is 35.5 Å². The monoisotopic (exact) mass is 457 g/mol. The molecular formula is C22H15F4N5O2. The molecule has 7 nitrogen and oxygen atoms in total. The fourth-order valence-corrected chi connectivity index (χ4v) is 3.79. The minimum atomic E-state index is -4.47. The predicted molar refractivity (Wildman–Crippen MR) is 109 cm³/mol. The van der Waals surface area contributed by atoms with Crippen molar-refractivity contribution in [1.29, 1.82) is 0 Å². The second-order valence-electron chi connectivity index (χ2n) is 7.63. The zero-order chi connectivity index (χ0) is 23.3. The summed E-state index contributed by atoms with van der Waals surface area (Å²) in [7, 11) is 0. The third-order valence-electron chi connectivity index (χ3n) is 5.39. The van der Waals surface area contributed by atoms with Crippen molar-refractivity contribution < 1.29 is 26.9 Å². The van der Waals surface area contributed by atoms with E-state index in [0.717, 1.165) is 18.3 Å². The van der Waals surface area contributed by atoms with Crippen LogP contribution in [0.25, 0.3) is 22.6 Å². The number of rotatable bonds is 3. The zero-order valence-electron chi connectivity index (χ0n) is 17.0. The van der Waals surface area contributed by atoms with Crippen molar-refractivity contribution in [2.24, 2.45) is 0 Å². The van der Waals surface area contributed by atoms with Gasteiger partial charge in [0.25, 0.3) is 5.91 Å². The molecule has 3 aromatic heterocycles. The fraction of sp³-hybridized carbons (Fsp3) is 0.182. The lowest BCUT2D eigenvalue weighted by molar-refractivity contribution is -0.137. The molecule has 0 N–H and O–H groups in total. The third kappa shape index (κ3) is 3.65. The van der Waals surface area contributed by atoms with Gasteiger partial charge in [0, 0.05) is 30.1 Å². The molecule has 1 aliphatic rings. The molecule has 33 heavy (non-hydrogen) atoms. The van der Waals surface area contributed by atoms with E-state index in [4.69, 9.17) is 4.52 Å². The first-order chi connectivity index (χ1) is 15.7. The van der Waals surface area contributed by atoms with Gasteiger partial charge in [0.1, 0.15) is 17.2 Å². The molecule has 1 atom stereocenters. The summed E-state index contributed by atoms with van der Waals surface area (Å²) in [4.78, 5) is 18.5. The molecule has 4 aromatic rings. The molecule has 1 amide bonds. The lowest BCUT2D eigenvalue weighted by atomic mass is 10.1. The SMILES string of the molecule is C[C@H]1CN(c2ccc(C(F)(F)F)cc2)C(=O)c2c(-c3cc(-c4cncc(F)c4)no3)cnn21. The van der Waals surface area contributed by atoms with Gasteiger partial charge in [-0.15, -0.1) is 0 Å². The minimum absolute atomic E-state index is 0.216. The summed E-state index contributed by atoms with van der Waals surface area (Å²) in [6.45, 7) is 2.07. The third-order valence-corrected chi connectivity index (χ3v) is 5.39. The van der Waals surface area contributed by atoms with Gasteiger partial charge in [-0.2, -0.15) is 18.3 Å². The average molecular weight is 457 g/mol. The van der Waals surface area contributed by atoms with E-state index in [-0.39, 0.29) is 24.0 Å². The second kappa shape index (κ2) is 7.54. The molecule has 11 heteroatoms. The van der Waals surface area contributed by atoms with Crippen LogP contribution in [0.4, 0.5) is 23.2 Å². The number of pyridine rings is 1. The Morgan fingerprint density at radius 2 is 1.85 bits per heavy atom. The Kier molecular flexibility index (Phi) is 4.76. The Bertz CT molecular complexity index is 1340. The molecule has 0 spiro atoms. The van der Waals surface area contributed by atoms with Gasteiger partial charge < -0.3 is 9.42 Å². The Hall–Kier alpha value is -4.02. The smallest absolute Gasteiger partial charge is 0.356 e. The Morgan fingerprint density at radius 3 is 2.55 bits per heavy atom. The molecule has 0 bridgehead atoms. The van der Waals surface area contributed by atoms with Crippen molar-refractivity contribution in [2.45, 2.75) is 19.1 Å². The molecule has 4 heterocycles. The summed E-state index contributed by atoms with van der Waals surface area (Å²) in [6, 6.07) is 6.96. The molecule has 0 saturated carbocycles. The van der Waals surface area contributed by atoms with E-state index in [2.05, 4.69) is 15.2 Å². The summed E-state index contributed by atoms with van der Waals surface area (Å²) in [5.41, 5.74) is 0.850. The maximum Gasteiger partial charge on any atom is 0.416 e. The number of fused-ring (bicyclic) bond motifs is 1. The van der Waals surface area contributed by atoms with Crippen molar-refractivity contribution in [3.63, 3.8) is 0 Å². The molecule has 168 valence electrons. The fourth-order valence-electron chi connectivity index (χ4n) is 3.79. The molecule has 0 aliphatic carbocycles. The number of hydrogen-bond donors (Lipinski definition) is 0. The van der Waals surface area contributed by atoms with Crippen LogP contribution < -0.4 is 4.90 Å². The van der Waals surface area contributed by atoms with Crippen LogP contribution >= 0.6 is 0 Å². The topological polar surface area (TPSA) is 77.1 Å². The van der Waals surface area contributed by atoms with Crippen LogP contribution in [0.2, 0.25) is 0 Å². The number of anilines is 1. The van der Waals surface area contributed by atoms with Crippen molar-refractivity contribution in [2.75, 3.05) is 11.4 Å². The summed E-state index contributed by atoms with van der Waals surface area (Å²) in [5, 5.41) is 8.23. The lowest BCUT2D eigenvalue weighted by Gasteiger charge is -2.32. The molecule has 0 unspecified atom stereocenters. The summed E-state index contributed by atoms with van der Waals surface area (Å²) < 4.78 is 59.2. The van der Waals surface area contributed by atoms with E-state index >= 15 is 0 Å². The standard InChI is InChI=1S/C22H15F4N5O2/c1-12-11-30(16-4-2-14(3-5-16)22(24,25)26)21(32)20-17(10-28-31(12)20)19-7-18(29-33-19)13-6-15(23)9-27-8-13/h2-10,12H,11H2,1H3/t12-/m0/s1. The van der Waals surface area contributed by atoms with Crippen molar-refractivity contribution in [3.05, 3.63) is 72.1 Å². The van der Waals surface area contributed by atoms with Crippen molar-refractivity contribution in [3.8, 4) is 22.6 Å². The maximum absolute atomic E-state index is 13.5. The van der Waals surface area contributed by atoms with Crippen LogP contribution in [0.1, 0.15) is 29.0 Å². The number of halogens is 4. The Balaban J connectivity index is 1.50. The van der Waals surface area contributed by atoms with Gasteiger partial charge in [0.15, 0.2) is 5.76 Å². The molecule has 1 aromatic carbocycles. The first kappa shape index (κ1) is 20.9. The van der Waals surface area contributed by atoms with Crippen LogP contribution in [0.5, 0.6) is 0 Å². The molecule has 0 fully saturated rings. The van der Waals surface area contributed by atoms with E-state index in [1.54, 1.807) is 10.7 Å². The summed E-state index contributed by atoms with van der Waals surface area (Å²) in [6.07, 6.45) is -0.509. The Morgan fingerprint density at radius 1 is 1.09 bits per heavy atom. The van der Waals surface area contributed by atoms with Crippen molar-refractivity contribution in [1.82, 2.24) is 19.9 Å². The highest BCUT2D eigenvalue weighted by molar-refractivity contribution is 6.09. The molecular weight excluding hydrogens is 442 g/mol. The maximum atomic E-state index is 13.5. The number of amides is 1. The highest BCUT2D eigenvalue weighted by atomic mass is 19.4. The van der Waals surface area contributed by atoms with Crippen molar-refractivity contribution >= 4 is 11.6 Å². The first-order valence-corrected chi connectivity index (χ1v) is 9.87. The van der Waals surface area contributed by atoms with E-state index in [0.29, 0.717) is 22.5 Å². The van der Waals surface area contributed by atoms with Gasteiger partial charge in [-0.1, -0.05) is 5.16 Å².